The molecule has 3 heterocycles. The molecule has 6 heteroatoms. The summed E-state index contributed by atoms with van der Waals surface area (Å²) in [6, 6.07) is 6.50. The van der Waals surface area contributed by atoms with Gasteiger partial charge in [-0.15, -0.1) is 0 Å². The summed E-state index contributed by atoms with van der Waals surface area (Å²) in [6.45, 7) is 4.21. The number of rotatable bonds is 2. The number of aryl methyl sites for hydroxylation is 2. The van der Waals surface area contributed by atoms with Crippen molar-refractivity contribution in [3.8, 4) is 11.1 Å². The van der Waals surface area contributed by atoms with Gasteiger partial charge in [-0.1, -0.05) is 13.0 Å². The predicted octanol–water partition coefficient (Wildman–Crippen LogP) is 3.91. The monoisotopic (exact) mass is 355 g/mol. The average molecular weight is 356 g/mol. The molecule has 4 aromatic rings. The van der Waals surface area contributed by atoms with Crippen LogP contribution in [0.1, 0.15) is 18.1 Å². The molecule has 0 unspecified atom stereocenters. The third kappa shape index (κ3) is 1.94. The molecule has 0 saturated carbocycles. The Morgan fingerprint density at radius 3 is 2.91 bits per heavy atom. The van der Waals surface area contributed by atoms with Gasteiger partial charge in [0.15, 0.2) is 5.65 Å². The lowest BCUT2D eigenvalue weighted by atomic mass is 9.99. The molecular formula is C16H14BrN5. The largest absolute Gasteiger partial charge is 0.277 e. The lowest BCUT2D eigenvalue weighted by Gasteiger charge is -2.08. The number of aromatic amines is 1. The highest BCUT2D eigenvalue weighted by Gasteiger charge is 2.12. The van der Waals surface area contributed by atoms with Gasteiger partial charge < -0.3 is 0 Å². The highest BCUT2D eigenvalue weighted by molar-refractivity contribution is 9.10. The van der Waals surface area contributed by atoms with Crippen LogP contribution in [-0.2, 0) is 6.42 Å². The molecule has 0 spiro atoms. The molecule has 1 N–H and O–H groups in total. The molecule has 0 fully saturated rings. The van der Waals surface area contributed by atoms with Crippen LogP contribution < -0.4 is 0 Å². The zero-order valence-corrected chi connectivity index (χ0v) is 13.8. The molecule has 0 saturated heterocycles. The number of hydrogen-bond acceptors (Lipinski definition) is 3. The van der Waals surface area contributed by atoms with Crippen LogP contribution in [0.25, 0.3) is 27.7 Å². The summed E-state index contributed by atoms with van der Waals surface area (Å²) in [5.74, 6) is 0. The van der Waals surface area contributed by atoms with Crippen LogP contribution in [-0.4, -0.2) is 24.8 Å². The van der Waals surface area contributed by atoms with Crippen LogP contribution in [0.4, 0.5) is 0 Å². The standard InChI is InChI=1S/C16H14BrN5/c1-3-10-5-11(6-13-14(10)15(17)21-20-13)12-4-9(2)16-18-8-19-22(16)7-12/h4-8H,3H2,1-2H3,(H,20,21). The maximum Gasteiger partial charge on any atom is 0.158 e. The van der Waals surface area contributed by atoms with Crippen LogP contribution >= 0.6 is 15.9 Å². The topological polar surface area (TPSA) is 58.9 Å². The van der Waals surface area contributed by atoms with Gasteiger partial charge in [-0.05, 0) is 58.1 Å². The molecule has 0 aliphatic rings. The van der Waals surface area contributed by atoms with Crippen molar-refractivity contribution < 1.29 is 0 Å². The van der Waals surface area contributed by atoms with E-state index in [0.29, 0.717) is 0 Å². The van der Waals surface area contributed by atoms with Gasteiger partial charge in [-0.2, -0.15) is 10.2 Å². The molecule has 0 atom stereocenters. The SMILES string of the molecule is CCc1cc(-c2cc(C)c3ncnn3c2)cc2[nH]nc(Br)c12. The maximum absolute atomic E-state index is 4.27. The first-order valence-electron chi connectivity index (χ1n) is 7.14. The molecule has 0 aliphatic heterocycles. The van der Waals surface area contributed by atoms with Crippen molar-refractivity contribution in [2.45, 2.75) is 20.3 Å². The van der Waals surface area contributed by atoms with Gasteiger partial charge in [0, 0.05) is 17.1 Å². The van der Waals surface area contributed by atoms with Crippen molar-refractivity contribution >= 4 is 32.5 Å². The molecule has 0 radical (unpaired) electrons. The normalized spacial score (nSPS) is 11.6. The van der Waals surface area contributed by atoms with Crippen molar-refractivity contribution in [3.63, 3.8) is 0 Å². The van der Waals surface area contributed by atoms with Crippen molar-refractivity contribution in [1.29, 1.82) is 0 Å². The minimum atomic E-state index is 0.869. The minimum Gasteiger partial charge on any atom is -0.277 e. The summed E-state index contributed by atoms with van der Waals surface area (Å²) >= 11 is 3.51. The van der Waals surface area contributed by atoms with Gasteiger partial charge in [-0.3, -0.25) is 5.10 Å². The first kappa shape index (κ1) is 13.5. The molecule has 4 rings (SSSR count). The van der Waals surface area contributed by atoms with E-state index in [1.54, 1.807) is 6.33 Å². The van der Waals surface area contributed by atoms with Crippen LogP contribution in [0.3, 0.4) is 0 Å². The molecule has 0 amide bonds. The van der Waals surface area contributed by atoms with Crippen molar-refractivity contribution in [2.75, 3.05) is 0 Å². The third-order valence-electron chi connectivity index (χ3n) is 3.97. The lowest BCUT2D eigenvalue weighted by molar-refractivity contribution is 0.957. The molecule has 1 aromatic carbocycles. The van der Waals surface area contributed by atoms with E-state index in [0.717, 1.165) is 44.3 Å². The Bertz CT molecular complexity index is 999. The second-order valence-corrected chi connectivity index (χ2v) is 6.12. The van der Waals surface area contributed by atoms with Gasteiger partial charge in [-0.25, -0.2) is 9.50 Å². The highest BCUT2D eigenvalue weighted by Crippen LogP contribution is 2.31. The number of fused-ring (bicyclic) bond motifs is 2. The van der Waals surface area contributed by atoms with Gasteiger partial charge in [0.25, 0.3) is 0 Å². The van der Waals surface area contributed by atoms with Crippen molar-refractivity contribution in [1.82, 2.24) is 24.8 Å². The van der Waals surface area contributed by atoms with Crippen LogP contribution in [0.15, 0.2) is 35.3 Å². The van der Waals surface area contributed by atoms with Gasteiger partial charge in [0.05, 0.1) is 5.52 Å². The van der Waals surface area contributed by atoms with E-state index in [9.17, 15) is 0 Å². The molecule has 0 bridgehead atoms. The fourth-order valence-corrected chi connectivity index (χ4v) is 3.45. The quantitative estimate of drug-likeness (QED) is 0.593. The summed E-state index contributed by atoms with van der Waals surface area (Å²) in [4.78, 5) is 4.27. The Labute approximate surface area is 135 Å². The second-order valence-electron chi connectivity index (χ2n) is 5.37. The van der Waals surface area contributed by atoms with E-state index < -0.39 is 0 Å². The molecule has 110 valence electrons. The number of benzene rings is 1. The fraction of sp³-hybridized carbons (Fsp3) is 0.188. The highest BCUT2D eigenvalue weighted by atomic mass is 79.9. The summed E-state index contributed by atoms with van der Waals surface area (Å²) in [7, 11) is 0. The maximum atomic E-state index is 4.27. The molecule has 3 aromatic heterocycles. The minimum absolute atomic E-state index is 0.869. The Kier molecular flexibility index (Phi) is 3.00. The molecule has 5 nitrogen and oxygen atoms in total. The predicted molar refractivity (Wildman–Crippen MR) is 89.9 cm³/mol. The van der Waals surface area contributed by atoms with E-state index in [4.69, 9.17) is 0 Å². The summed E-state index contributed by atoms with van der Waals surface area (Å²) in [5.41, 5.74) is 6.59. The number of pyridine rings is 1. The van der Waals surface area contributed by atoms with Gasteiger partial charge in [0.1, 0.15) is 10.9 Å². The van der Waals surface area contributed by atoms with Gasteiger partial charge >= 0.3 is 0 Å². The Hall–Kier alpha value is -2.21. The Morgan fingerprint density at radius 2 is 2.09 bits per heavy atom. The Balaban J connectivity index is 1.99. The first-order valence-corrected chi connectivity index (χ1v) is 7.93. The number of halogens is 1. The van der Waals surface area contributed by atoms with Gasteiger partial charge in [0.2, 0.25) is 0 Å². The fourth-order valence-electron chi connectivity index (χ4n) is 2.90. The molecule has 0 aliphatic carbocycles. The summed E-state index contributed by atoms with van der Waals surface area (Å²) < 4.78 is 2.69. The third-order valence-corrected chi connectivity index (χ3v) is 4.55. The first-order chi connectivity index (χ1) is 10.7. The Morgan fingerprint density at radius 1 is 1.23 bits per heavy atom. The van der Waals surface area contributed by atoms with E-state index in [1.165, 1.54) is 5.56 Å². The molecular weight excluding hydrogens is 342 g/mol. The van der Waals surface area contributed by atoms with E-state index in [2.05, 4.69) is 68.3 Å². The summed E-state index contributed by atoms with van der Waals surface area (Å²) in [5, 5.41) is 12.8. The number of H-pyrrole nitrogens is 1. The number of hydrogen-bond donors (Lipinski definition) is 1. The number of aromatic nitrogens is 5. The number of nitrogens with one attached hydrogen (secondary N) is 1. The van der Waals surface area contributed by atoms with Crippen molar-refractivity contribution in [2.24, 2.45) is 0 Å². The number of nitrogens with zero attached hydrogens (tertiary/aromatic N) is 4. The van der Waals surface area contributed by atoms with Crippen molar-refractivity contribution in [3.05, 3.63) is 46.5 Å². The van der Waals surface area contributed by atoms with Crippen LogP contribution in [0, 0.1) is 6.92 Å². The average Bonchev–Trinajstić information content (AvgIpc) is 3.13. The zero-order valence-electron chi connectivity index (χ0n) is 12.3. The molecule has 22 heavy (non-hydrogen) atoms. The second kappa shape index (κ2) is 4.91. The van der Waals surface area contributed by atoms with E-state index >= 15 is 0 Å². The van der Waals surface area contributed by atoms with Crippen LogP contribution in [0.2, 0.25) is 0 Å². The lowest BCUT2D eigenvalue weighted by Crippen LogP contribution is -1.93. The smallest absolute Gasteiger partial charge is 0.158 e. The van der Waals surface area contributed by atoms with Crippen LogP contribution in [0.5, 0.6) is 0 Å². The summed E-state index contributed by atoms with van der Waals surface area (Å²) in [6.07, 6.45) is 4.55. The van der Waals surface area contributed by atoms with E-state index in [1.807, 2.05) is 10.7 Å². The van der Waals surface area contributed by atoms with E-state index in [-0.39, 0.29) is 0 Å². The zero-order chi connectivity index (χ0) is 15.3.